The van der Waals surface area contributed by atoms with Crippen molar-refractivity contribution in [3.8, 4) is 5.75 Å². The predicted octanol–water partition coefficient (Wildman–Crippen LogP) is 2.21. The number of halogens is 2. The van der Waals surface area contributed by atoms with Gasteiger partial charge in [-0.1, -0.05) is 29.3 Å². The normalized spacial score (nSPS) is 16.2. The van der Waals surface area contributed by atoms with Crippen LogP contribution >= 0.6 is 34.5 Å². The first-order chi connectivity index (χ1) is 12.6. The average molecular weight is 416 g/mol. The number of thiophene rings is 1. The molecule has 140 valence electrons. The van der Waals surface area contributed by atoms with E-state index in [-0.39, 0.29) is 18.6 Å². The van der Waals surface area contributed by atoms with E-state index in [0.717, 1.165) is 26.3 Å². The summed E-state index contributed by atoms with van der Waals surface area (Å²) in [6, 6.07) is 9.31. The van der Waals surface area contributed by atoms with Gasteiger partial charge in [0.2, 0.25) is 0 Å². The summed E-state index contributed by atoms with van der Waals surface area (Å²) in [6.45, 7) is 3.86. The first kappa shape index (κ1) is 19.5. The average Bonchev–Trinajstić information content (AvgIpc) is 3.16. The number of quaternary nitrogens is 1. The highest BCUT2D eigenvalue weighted by Gasteiger charge is 2.27. The highest BCUT2D eigenvalue weighted by atomic mass is 35.5. The van der Waals surface area contributed by atoms with Crippen LogP contribution in [0, 0.1) is 0 Å². The van der Waals surface area contributed by atoms with E-state index in [0.29, 0.717) is 22.3 Å². The molecule has 1 fully saturated rings. The summed E-state index contributed by atoms with van der Waals surface area (Å²) < 4.78 is 10.9. The quantitative estimate of drug-likeness (QED) is 0.728. The molecule has 1 aromatic carbocycles. The van der Waals surface area contributed by atoms with Crippen LogP contribution in [0.5, 0.6) is 5.75 Å². The molecule has 0 aliphatic carbocycles. The minimum absolute atomic E-state index is 0.0864. The summed E-state index contributed by atoms with van der Waals surface area (Å²) >= 11 is 13.6. The fraction of sp³-hybridized carbons (Fsp3) is 0.389. The van der Waals surface area contributed by atoms with Gasteiger partial charge in [0.05, 0.1) is 29.7 Å². The second-order valence-corrected chi connectivity index (χ2v) is 7.83. The van der Waals surface area contributed by atoms with Gasteiger partial charge in [-0.15, -0.1) is 11.3 Å². The molecular weight excluding hydrogens is 395 g/mol. The van der Waals surface area contributed by atoms with Gasteiger partial charge in [-0.05, 0) is 29.6 Å². The first-order valence-corrected chi connectivity index (χ1v) is 10.1. The molecule has 8 heteroatoms. The maximum atomic E-state index is 12.2. The lowest BCUT2D eigenvalue weighted by molar-refractivity contribution is -0.937. The van der Waals surface area contributed by atoms with Gasteiger partial charge in [-0.3, -0.25) is 4.79 Å². The third-order valence-electron chi connectivity index (χ3n) is 4.27. The number of ether oxygens (including phenoxy) is 2. The molecule has 0 bridgehead atoms. The number of rotatable bonds is 7. The number of morpholine rings is 1. The minimum Gasteiger partial charge on any atom is -0.482 e. The van der Waals surface area contributed by atoms with Crippen molar-refractivity contribution < 1.29 is 19.2 Å². The molecule has 0 spiro atoms. The van der Waals surface area contributed by atoms with E-state index in [9.17, 15) is 4.79 Å². The maximum absolute atomic E-state index is 12.2. The van der Waals surface area contributed by atoms with Crippen molar-refractivity contribution in [3.63, 3.8) is 0 Å². The zero-order valence-corrected chi connectivity index (χ0v) is 16.5. The van der Waals surface area contributed by atoms with Crippen LogP contribution in [0.15, 0.2) is 35.7 Å². The fourth-order valence-electron chi connectivity index (χ4n) is 2.92. The number of nitrogens with one attached hydrogen (secondary N) is 2. The number of hydrogen-bond acceptors (Lipinski definition) is 4. The summed E-state index contributed by atoms with van der Waals surface area (Å²) in [5.41, 5.74) is 0. The molecule has 0 saturated carbocycles. The molecular formula is C18H21Cl2N2O3S+. The Bertz CT molecular complexity index is 721. The summed E-state index contributed by atoms with van der Waals surface area (Å²) in [7, 11) is 0. The molecule has 1 amide bonds. The third kappa shape index (κ3) is 5.34. The smallest absolute Gasteiger partial charge is 0.258 e. The Labute approximate surface area is 166 Å². The van der Waals surface area contributed by atoms with Gasteiger partial charge < -0.3 is 19.7 Å². The number of benzene rings is 1. The van der Waals surface area contributed by atoms with Crippen molar-refractivity contribution in [1.29, 1.82) is 0 Å². The minimum atomic E-state index is -0.176. The van der Waals surface area contributed by atoms with Gasteiger partial charge in [0.25, 0.3) is 5.91 Å². The molecule has 5 nitrogen and oxygen atoms in total. The topological polar surface area (TPSA) is 52.0 Å². The van der Waals surface area contributed by atoms with Gasteiger partial charge in [-0.2, -0.15) is 0 Å². The fourth-order valence-corrected chi connectivity index (χ4v) is 4.27. The van der Waals surface area contributed by atoms with E-state index in [2.05, 4.69) is 16.8 Å². The Kier molecular flexibility index (Phi) is 7.16. The van der Waals surface area contributed by atoms with Crippen molar-refractivity contribution in [2.24, 2.45) is 0 Å². The predicted molar refractivity (Wildman–Crippen MR) is 104 cm³/mol. The second kappa shape index (κ2) is 9.58. The van der Waals surface area contributed by atoms with Crippen LogP contribution < -0.4 is 15.0 Å². The Morgan fingerprint density at radius 3 is 2.81 bits per heavy atom. The van der Waals surface area contributed by atoms with Crippen molar-refractivity contribution in [3.05, 3.63) is 50.6 Å². The lowest BCUT2D eigenvalue weighted by Crippen LogP contribution is -3.15. The van der Waals surface area contributed by atoms with Crippen LogP contribution in [0.25, 0.3) is 0 Å². The van der Waals surface area contributed by atoms with E-state index < -0.39 is 0 Å². The SMILES string of the molecule is O=C(COc1ccc(Cl)cc1Cl)NC[C@H](c1cccs1)[NH+]1CCOCC1. The van der Waals surface area contributed by atoms with Gasteiger partial charge in [0.15, 0.2) is 6.61 Å². The Morgan fingerprint density at radius 2 is 2.12 bits per heavy atom. The highest BCUT2D eigenvalue weighted by Crippen LogP contribution is 2.27. The van der Waals surface area contributed by atoms with Crippen LogP contribution in [-0.2, 0) is 9.53 Å². The summed E-state index contributed by atoms with van der Waals surface area (Å²) in [5.74, 6) is 0.269. The van der Waals surface area contributed by atoms with Gasteiger partial charge >= 0.3 is 0 Å². The zero-order chi connectivity index (χ0) is 18.4. The molecule has 0 radical (unpaired) electrons. The maximum Gasteiger partial charge on any atom is 0.258 e. The van der Waals surface area contributed by atoms with Crippen LogP contribution in [-0.4, -0.2) is 45.4 Å². The van der Waals surface area contributed by atoms with Gasteiger partial charge in [-0.25, -0.2) is 0 Å². The second-order valence-electron chi connectivity index (χ2n) is 6.01. The zero-order valence-electron chi connectivity index (χ0n) is 14.2. The summed E-state index contributed by atoms with van der Waals surface area (Å²) in [6.07, 6.45) is 0. The van der Waals surface area contributed by atoms with Crippen molar-refractivity contribution in [2.75, 3.05) is 39.5 Å². The van der Waals surface area contributed by atoms with E-state index in [1.807, 2.05) is 6.07 Å². The van der Waals surface area contributed by atoms with Crippen LogP contribution in [0.4, 0.5) is 0 Å². The van der Waals surface area contributed by atoms with E-state index >= 15 is 0 Å². The molecule has 1 saturated heterocycles. The van der Waals surface area contributed by atoms with E-state index in [1.54, 1.807) is 29.5 Å². The van der Waals surface area contributed by atoms with Gasteiger partial charge in [0.1, 0.15) is 24.9 Å². The van der Waals surface area contributed by atoms with E-state index in [1.165, 1.54) is 9.78 Å². The van der Waals surface area contributed by atoms with Crippen molar-refractivity contribution >= 4 is 40.4 Å². The van der Waals surface area contributed by atoms with Crippen LogP contribution in [0.3, 0.4) is 0 Å². The summed E-state index contributed by atoms with van der Waals surface area (Å²) in [5, 5.41) is 5.96. The first-order valence-electron chi connectivity index (χ1n) is 8.44. The van der Waals surface area contributed by atoms with Crippen molar-refractivity contribution in [2.45, 2.75) is 6.04 Å². The largest absolute Gasteiger partial charge is 0.482 e. The molecule has 1 atom stereocenters. The van der Waals surface area contributed by atoms with E-state index in [4.69, 9.17) is 32.7 Å². The molecule has 2 heterocycles. The highest BCUT2D eigenvalue weighted by molar-refractivity contribution is 7.10. The molecule has 0 unspecified atom stereocenters. The summed E-state index contributed by atoms with van der Waals surface area (Å²) in [4.78, 5) is 14.9. The number of amides is 1. The number of carbonyl (C=O) groups is 1. The molecule has 3 rings (SSSR count). The Morgan fingerprint density at radius 1 is 1.31 bits per heavy atom. The molecule has 2 N–H and O–H groups in total. The lowest BCUT2D eigenvalue weighted by Gasteiger charge is -2.31. The third-order valence-corrected chi connectivity index (χ3v) is 5.79. The van der Waals surface area contributed by atoms with Crippen molar-refractivity contribution in [1.82, 2.24) is 5.32 Å². The molecule has 26 heavy (non-hydrogen) atoms. The molecule has 1 aromatic heterocycles. The molecule has 2 aromatic rings. The number of carbonyl (C=O) groups excluding carboxylic acids is 1. The Hall–Kier alpha value is -1.31. The Balaban J connectivity index is 1.53. The molecule has 1 aliphatic rings. The van der Waals surface area contributed by atoms with Gasteiger partial charge in [0, 0.05) is 5.02 Å². The van der Waals surface area contributed by atoms with Crippen LogP contribution in [0.2, 0.25) is 10.0 Å². The lowest BCUT2D eigenvalue weighted by atomic mass is 10.2. The van der Waals surface area contributed by atoms with Crippen LogP contribution in [0.1, 0.15) is 10.9 Å². The monoisotopic (exact) mass is 415 g/mol. The standard InChI is InChI=1S/C18H20Cl2N2O3S/c19-13-3-4-16(14(20)10-13)25-12-18(23)21-11-15(17-2-1-9-26-17)22-5-7-24-8-6-22/h1-4,9-10,15H,5-8,11-12H2,(H,21,23)/p+1/t15-/m1/s1. The number of hydrogen-bond donors (Lipinski definition) is 2. The molecule has 1 aliphatic heterocycles.